The van der Waals surface area contributed by atoms with Crippen molar-refractivity contribution >= 4 is 38.9 Å². The number of hydrogen-bond donors (Lipinski definition) is 0. The number of para-hydroxylation sites is 2. The van der Waals surface area contributed by atoms with Crippen LogP contribution in [0.2, 0.25) is 0 Å². The van der Waals surface area contributed by atoms with Crippen LogP contribution < -0.4 is 4.90 Å². The Hall–Kier alpha value is -6.64. The largest absolute Gasteiger partial charge is 0.311 e. The van der Waals surface area contributed by atoms with Crippen LogP contribution in [0.25, 0.3) is 60.9 Å². The predicted octanol–water partition coefficient (Wildman–Crippen LogP) is 13.3. The topological polar surface area (TPSA) is 8.17 Å². The molecule has 0 aliphatic heterocycles. The standard InChI is InChI=1S/C48H34N2/c1-4-12-35(13-5-1)37-20-27-42(28-21-37)49(41-16-8-3-9-17-41)43-29-24-39(25-30-43)40-26-33-46-45-18-10-11-19-47(45)50(48(46)34-40)44-31-22-38(23-32-44)36-14-6-2-7-15-36/h1-34H/i1D,4D,5D,12D,13D. The first-order valence-electron chi connectivity index (χ1n) is 19.2. The minimum Gasteiger partial charge on any atom is -0.311 e. The second kappa shape index (κ2) is 12.8. The molecule has 0 atom stereocenters. The van der Waals surface area contributed by atoms with Gasteiger partial charge in [-0.2, -0.15) is 0 Å². The van der Waals surface area contributed by atoms with Gasteiger partial charge in [0, 0.05) is 33.5 Å². The maximum atomic E-state index is 8.45. The summed E-state index contributed by atoms with van der Waals surface area (Å²) in [6, 6.07) is 59.1. The Labute approximate surface area is 299 Å². The molecule has 0 radical (unpaired) electrons. The third kappa shape index (κ3) is 5.43. The van der Waals surface area contributed by atoms with Crippen LogP contribution >= 0.6 is 0 Å². The Bertz CT molecular complexity index is 2800. The lowest BCUT2D eigenvalue weighted by Gasteiger charge is -2.26. The summed E-state index contributed by atoms with van der Waals surface area (Å²) in [7, 11) is 0. The lowest BCUT2D eigenvalue weighted by atomic mass is 10.0. The van der Waals surface area contributed by atoms with Crippen molar-refractivity contribution in [3.8, 4) is 39.1 Å². The molecule has 50 heavy (non-hydrogen) atoms. The number of benzene rings is 8. The van der Waals surface area contributed by atoms with Crippen LogP contribution in [0.5, 0.6) is 0 Å². The fraction of sp³-hybridized carbons (Fsp3) is 0. The van der Waals surface area contributed by atoms with Crippen molar-refractivity contribution in [3.63, 3.8) is 0 Å². The van der Waals surface area contributed by atoms with E-state index in [1.165, 1.54) is 21.9 Å². The van der Waals surface area contributed by atoms with Crippen molar-refractivity contribution in [1.29, 1.82) is 0 Å². The molecule has 2 heteroatoms. The van der Waals surface area contributed by atoms with Gasteiger partial charge in [0.25, 0.3) is 0 Å². The quantitative estimate of drug-likeness (QED) is 0.168. The average molecular weight is 644 g/mol. The Morgan fingerprint density at radius 2 is 0.840 bits per heavy atom. The van der Waals surface area contributed by atoms with E-state index in [2.05, 4.69) is 137 Å². The normalized spacial score (nSPS) is 12.6. The molecule has 9 rings (SSSR count). The van der Waals surface area contributed by atoms with Crippen molar-refractivity contribution in [2.45, 2.75) is 0 Å². The highest BCUT2D eigenvalue weighted by Crippen LogP contribution is 2.38. The van der Waals surface area contributed by atoms with E-state index >= 15 is 0 Å². The summed E-state index contributed by atoms with van der Waals surface area (Å²) in [6.07, 6.45) is 0. The van der Waals surface area contributed by atoms with E-state index in [1.54, 1.807) is 0 Å². The lowest BCUT2D eigenvalue weighted by Crippen LogP contribution is -2.09. The van der Waals surface area contributed by atoms with Gasteiger partial charge in [0.05, 0.1) is 17.9 Å². The summed E-state index contributed by atoms with van der Waals surface area (Å²) in [4.78, 5) is 2.15. The molecule has 1 aromatic heterocycles. The lowest BCUT2D eigenvalue weighted by molar-refractivity contribution is 1.18. The van der Waals surface area contributed by atoms with Gasteiger partial charge >= 0.3 is 0 Å². The molecule has 0 saturated carbocycles. The maximum Gasteiger partial charge on any atom is 0.0629 e. The Balaban J connectivity index is 1.09. The number of fused-ring (bicyclic) bond motifs is 3. The van der Waals surface area contributed by atoms with Crippen LogP contribution in [-0.4, -0.2) is 4.57 Å². The molecular formula is C48H34N2. The zero-order valence-electron chi connectivity index (χ0n) is 32.1. The van der Waals surface area contributed by atoms with E-state index in [4.69, 9.17) is 6.85 Å². The molecule has 0 bridgehead atoms. The third-order valence-corrected chi connectivity index (χ3v) is 9.29. The van der Waals surface area contributed by atoms with Crippen molar-refractivity contribution < 1.29 is 6.85 Å². The number of aromatic nitrogens is 1. The van der Waals surface area contributed by atoms with Crippen molar-refractivity contribution in [3.05, 3.63) is 206 Å². The van der Waals surface area contributed by atoms with Gasteiger partial charge in [-0.25, -0.2) is 0 Å². The number of hydrogen-bond acceptors (Lipinski definition) is 1. The van der Waals surface area contributed by atoms with E-state index in [-0.39, 0.29) is 29.7 Å². The molecule has 0 saturated heterocycles. The molecule has 0 unspecified atom stereocenters. The summed E-state index contributed by atoms with van der Waals surface area (Å²) in [6.45, 7) is 0. The molecule has 8 aromatic carbocycles. The van der Waals surface area contributed by atoms with Crippen LogP contribution in [0.3, 0.4) is 0 Å². The van der Waals surface area contributed by atoms with Gasteiger partial charge in [0.15, 0.2) is 0 Å². The van der Waals surface area contributed by atoms with Crippen molar-refractivity contribution in [2.75, 3.05) is 4.90 Å². The fourth-order valence-corrected chi connectivity index (χ4v) is 6.86. The maximum absolute atomic E-state index is 8.45. The van der Waals surface area contributed by atoms with Crippen LogP contribution in [0, 0.1) is 0 Å². The van der Waals surface area contributed by atoms with E-state index in [9.17, 15) is 0 Å². The van der Waals surface area contributed by atoms with Gasteiger partial charge in [-0.05, 0) is 94.0 Å². The van der Waals surface area contributed by atoms with Gasteiger partial charge in [-0.1, -0.05) is 145 Å². The smallest absolute Gasteiger partial charge is 0.0629 e. The minimum atomic E-state index is -0.398. The van der Waals surface area contributed by atoms with Crippen LogP contribution in [0.1, 0.15) is 6.85 Å². The highest BCUT2D eigenvalue weighted by molar-refractivity contribution is 6.10. The molecule has 1 heterocycles. The summed E-state index contributed by atoms with van der Waals surface area (Å²) >= 11 is 0. The Morgan fingerprint density at radius 3 is 1.52 bits per heavy atom. The minimum absolute atomic E-state index is 0.188. The molecule has 0 spiro atoms. The van der Waals surface area contributed by atoms with Crippen LogP contribution in [-0.2, 0) is 0 Å². The average Bonchev–Trinajstić information content (AvgIpc) is 3.57. The molecular weight excluding hydrogens is 605 g/mol. The highest BCUT2D eigenvalue weighted by atomic mass is 15.1. The monoisotopic (exact) mass is 643 g/mol. The molecule has 2 nitrogen and oxygen atoms in total. The van der Waals surface area contributed by atoms with Gasteiger partial charge < -0.3 is 9.47 Å². The predicted molar refractivity (Wildman–Crippen MR) is 212 cm³/mol. The summed E-state index contributed by atoms with van der Waals surface area (Å²) in [5.74, 6) is 0. The second-order valence-corrected chi connectivity index (χ2v) is 12.3. The first-order chi connectivity index (χ1) is 26.9. The molecule has 0 amide bonds. The zero-order valence-corrected chi connectivity index (χ0v) is 27.1. The summed E-state index contributed by atoms with van der Waals surface area (Å²) in [5, 5.41) is 2.41. The summed E-state index contributed by atoms with van der Waals surface area (Å²) < 4.78 is 43.5. The molecule has 0 aliphatic carbocycles. The molecule has 0 aliphatic rings. The Morgan fingerprint density at radius 1 is 0.360 bits per heavy atom. The van der Waals surface area contributed by atoms with Crippen molar-refractivity contribution in [2.24, 2.45) is 0 Å². The summed E-state index contributed by atoms with van der Waals surface area (Å²) in [5.41, 5.74) is 11.5. The first kappa shape index (κ1) is 24.5. The fourth-order valence-electron chi connectivity index (χ4n) is 6.86. The number of anilines is 3. The molecule has 9 aromatic rings. The van der Waals surface area contributed by atoms with E-state index < -0.39 is 6.04 Å². The first-order valence-corrected chi connectivity index (χ1v) is 16.7. The second-order valence-electron chi connectivity index (χ2n) is 12.3. The molecule has 236 valence electrons. The highest BCUT2D eigenvalue weighted by Gasteiger charge is 2.15. The SMILES string of the molecule is [2H]c1c([2H])c([2H])c(-c2ccc(N(c3ccccc3)c3ccc(-c4ccc5c6ccccc6n(-c6ccc(-c7ccccc7)cc6)c5c4)cc3)cc2)c([2H])c1[2H]. The van der Waals surface area contributed by atoms with Crippen molar-refractivity contribution in [1.82, 2.24) is 4.57 Å². The van der Waals surface area contributed by atoms with E-state index in [0.717, 1.165) is 44.9 Å². The number of nitrogens with zero attached hydrogens (tertiary/aromatic N) is 2. The van der Waals surface area contributed by atoms with E-state index in [0.29, 0.717) is 5.56 Å². The molecule has 0 N–H and O–H groups in total. The van der Waals surface area contributed by atoms with Crippen LogP contribution in [0.15, 0.2) is 206 Å². The van der Waals surface area contributed by atoms with Gasteiger partial charge in [-0.3, -0.25) is 0 Å². The molecule has 0 fully saturated rings. The Kier molecular flexibility index (Phi) is 6.25. The van der Waals surface area contributed by atoms with Gasteiger partial charge in [-0.15, -0.1) is 0 Å². The number of rotatable bonds is 7. The van der Waals surface area contributed by atoms with Gasteiger partial charge in [0.1, 0.15) is 0 Å². The third-order valence-electron chi connectivity index (χ3n) is 9.29. The zero-order chi connectivity index (χ0) is 37.6. The van der Waals surface area contributed by atoms with Gasteiger partial charge in [0.2, 0.25) is 0 Å². The van der Waals surface area contributed by atoms with Crippen LogP contribution in [0.4, 0.5) is 17.1 Å². The van der Waals surface area contributed by atoms with E-state index in [1.807, 2.05) is 48.5 Å².